The highest BCUT2D eigenvalue weighted by Crippen LogP contribution is 2.13. The molecule has 1 aromatic carbocycles. The van der Waals surface area contributed by atoms with Crippen LogP contribution in [0.1, 0.15) is 11.1 Å². The first kappa shape index (κ1) is 15.3. The largest absolute Gasteiger partial charge is 0.353 e. The van der Waals surface area contributed by atoms with Crippen LogP contribution in [0.5, 0.6) is 0 Å². The number of hydrogen-bond acceptors (Lipinski definition) is 3. The van der Waals surface area contributed by atoms with Gasteiger partial charge in [-0.25, -0.2) is 4.98 Å². The molecule has 118 valence electrons. The van der Waals surface area contributed by atoms with Gasteiger partial charge in [0.2, 0.25) is 5.91 Å². The molecule has 1 aliphatic rings. The number of nitrogens with zero attached hydrogens (tertiary/aromatic N) is 3. The molecule has 1 amide bonds. The topological polar surface area (TPSA) is 36.4 Å². The lowest BCUT2D eigenvalue weighted by atomic mass is 10.1. The van der Waals surface area contributed by atoms with Crippen molar-refractivity contribution < 1.29 is 4.79 Å². The maximum absolute atomic E-state index is 12.3. The van der Waals surface area contributed by atoms with E-state index >= 15 is 0 Å². The van der Waals surface area contributed by atoms with E-state index in [0.29, 0.717) is 0 Å². The van der Waals surface area contributed by atoms with Crippen molar-refractivity contribution in [3.05, 3.63) is 65.9 Å². The van der Waals surface area contributed by atoms with E-state index in [1.165, 1.54) is 5.56 Å². The zero-order valence-corrected chi connectivity index (χ0v) is 13.4. The van der Waals surface area contributed by atoms with Crippen molar-refractivity contribution in [2.75, 3.05) is 31.1 Å². The molecule has 0 unspecified atom stereocenters. The van der Waals surface area contributed by atoms with Gasteiger partial charge in [0.25, 0.3) is 0 Å². The van der Waals surface area contributed by atoms with Gasteiger partial charge in [-0.1, -0.05) is 35.9 Å². The van der Waals surface area contributed by atoms with Crippen LogP contribution in [0.25, 0.3) is 6.08 Å². The minimum atomic E-state index is 0.0761. The maximum atomic E-state index is 12.3. The number of pyridine rings is 1. The Bertz CT molecular complexity index is 689. The smallest absolute Gasteiger partial charge is 0.246 e. The van der Waals surface area contributed by atoms with E-state index in [1.807, 2.05) is 41.3 Å². The zero-order chi connectivity index (χ0) is 16.1. The van der Waals surface area contributed by atoms with Crippen LogP contribution >= 0.6 is 0 Å². The van der Waals surface area contributed by atoms with Gasteiger partial charge in [0.05, 0.1) is 0 Å². The minimum absolute atomic E-state index is 0.0761. The van der Waals surface area contributed by atoms with E-state index < -0.39 is 0 Å². The third kappa shape index (κ3) is 3.97. The average molecular weight is 307 g/mol. The molecule has 0 spiro atoms. The Morgan fingerprint density at radius 2 is 1.91 bits per heavy atom. The van der Waals surface area contributed by atoms with Gasteiger partial charge in [-0.2, -0.15) is 0 Å². The van der Waals surface area contributed by atoms with Crippen LogP contribution in [0.4, 0.5) is 5.82 Å². The monoisotopic (exact) mass is 307 g/mol. The van der Waals surface area contributed by atoms with Gasteiger partial charge in [-0.15, -0.1) is 0 Å². The molecule has 0 N–H and O–H groups in total. The zero-order valence-electron chi connectivity index (χ0n) is 13.4. The van der Waals surface area contributed by atoms with E-state index in [4.69, 9.17) is 0 Å². The molecule has 0 atom stereocenters. The predicted octanol–water partition coefficient (Wildman–Crippen LogP) is 2.75. The molecule has 2 aromatic rings. The van der Waals surface area contributed by atoms with Crippen LogP contribution in [-0.2, 0) is 4.79 Å². The Morgan fingerprint density at radius 3 is 2.61 bits per heavy atom. The summed E-state index contributed by atoms with van der Waals surface area (Å²) in [7, 11) is 0. The number of piperazine rings is 1. The molecule has 4 heteroatoms. The van der Waals surface area contributed by atoms with Crippen LogP contribution < -0.4 is 4.90 Å². The van der Waals surface area contributed by atoms with Gasteiger partial charge >= 0.3 is 0 Å². The molecular formula is C19H21N3O. The third-order valence-electron chi connectivity index (χ3n) is 4.03. The van der Waals surface area contributed by atoms with Crippen molar-refractivity contribution in [2.24, 2.45) is 0 Å². The van der Waals surface area contributed by atoms with Gasteiger partial charge in [0.15, 0.2) is 0 Å². The lowest BCUT2D eigenvalue weighted by molar-refractivity contribution is -0.126. The number of rotatable bonds is 3. The van der Waals surface area contributed by atoms with Crippen molar-refractivity contribution >= 4 is 17.8 Å². The first-order chi connectivity index (χ1) is 11.2. The molecule has 0 radical (unpaired) electrons. The fourth-order valence-corrected chi connectivity index (χ4v) is 2.74. The molecule has 0 saturated carbocycles. The summed E-state index contributed by atoms with van der Waals surface area (Å²) in [4.78, 5) is 20.8. The van der Waals surface area contributed by atoms with Crippen molar-refractivity contribution in [3.63, 3.8) is 0 Å². The molecular weight excluding hydrogens is 286 g/mol. The summed E-state index contributed by atoms with van der Waals surface area (Å²) in [5.41, 5.74) is 2.26. The number of benzene rings is 1. The first-order valence-electron chi connectivity index (χ1n) is 7.92. The van der Waals surface area contributed by atoms with E-state index in [9.17, 15) is 4.79 Å². The first-order valence-corrected chi connectivity index (χ1v) is 7.92. The number of anilines is 1. The normalized spacial score (nSPS) is 15.2. The number of carbonyl (C=O) groups is 1. The lowest BCUT2D eigenvalue weighted by Gasteiger charge is -2.34. The van der Waals surface area contributed by atoms with Gasteiger partial charge in [0, 0.05) is 38.5 Å². The van der Waals surface area contributed by atoms with E-state index in [2.05, 4.69) is 28.9 Å². The Kier molecular flexibility index (Phi) is 4.71. The van der Waals surface area contributed by atoms with E-state index in [0.717, 1.165) is 37.6 Å². The molecule has 1 aromatic heterocycles. The predicted molar refractivity (Wildman–Crippen MR) is 93.2 cm³/mol. The molecule has 1 fully saturated rings. The number of carbonyl (C=O) groups excluding carboxylic acids is 1. The number of hydrogen-bond donors (Lipinski definition) is 0. The number of aromatic nitrogens is 1. The van der Waals surface area contributed by atoms with Crippen LogP contribution in [0.15, 0.2) is 54.7 Å². The summed E-state index contributed by atoms with van der Waals surface area (Å²) in [6, 6.07) is 14.1. The Hall–Kier alpha value is -2.62. The lowest BCUT2D eigenvalue weighted by Crippen LogP contribution is -2.48. The molecule has 23 heavy (non-hydrogen) atoms. The fourth-order valence-electron chi connectivity index (χ4n) is 2.74. The highest BCUT2D eigenvalue weighted by molar-refractivity contribution is 5.92. The highest BCUT2D eigenvalue weighted by atomic mass is 16.2. The van der Waals surface area contributed by atoms with E-state index in [-0.39, 0.29) is 5.91 Å². The summed E-state index contributed by atoms with van der Waals surface area (Å²) in [5, 5.41) is 0. The maximum Gasteiger partial charge on any atom is 0.246 e. The van der Waals surface area contributed by atoms with Crippen molar-refractivity contribution in [2.45, 2.75) is 6.92 Å². The molecule has 0 bridgehead atoms. The fraction of sp³-hybridized carbons (Fsp3) is 0.263. The SMILES string of the molecule is Cc1cccc(/C=C/C(=O)N2CCN(c3ccccn3)CC2)c1. The summed E-state index contributed by atoms with van der Waals surface area (Å²) in [6.07, 6.45) is 5.36. The van der Waals surface area contributed by atoms with Crippen molar-refractivity contribution in [3.8, 4) is 0 Å². The second-order valence-electron chi connectivity index (χ2n) is 5.75. The third-order valence-corrected chi connectivity index (χ3v) is 4.03. The summed E-state index contributed by atoms with van der Waals surface area (Å²) in [6.45, 7) is 5.15. The van der Waals surface area contributed by atoms with Crippen molar-refractivity contribution in [1.29, 1.82) is 0 Å². The highest BCUT2D eigenvalue weighted by Gasteiger charge is 2.20. The number of aryl methyl sites for hydroxylation is 1. The van der Waals surface area contributed by atoms with Crippen LogP contribution in [0.3, 0.4) is 0 Å². The second kappa shape index (κ2) is 7.09. The molecule has 2 heterocycles. The minimum Gasteiger partial charge on any atom is -0.353 e. The Labute approximate surface area is 137 Å². The van der Waals surface area contributed by atoms with Gasteiger partial charge in [-0.3, -0.25) is 4.79 Å². The van der Waals surface area contributed by atoms with Crippen LogP contribution in [-0.4, -0.2) is 42.0 Å². The summed E-state index contributed by atoms with van der Waals surface area (Å²) < 4.78 is 0. The second-order valence-corrected chi connectivity index (χ2v) is 5.75. The van der Waals surface area contributed by atoms with Crippen molar-refractivity contribution in [1.82, 2.24) is 9.88 Å². The van der Waals surface area contributed by atoms with Gasteiger partial charge in [0.1, 0.15) is 5.82 Å². The Balaban J connectivity index is 1.56. The quantitative estimate of drug-likeness (QED) is 0.818. The van der Waals surface area contributed by atoms with Gasteiger partial charge < -0.3 is 9.80 Å². The van der Waals surface area contributed by atoms with E-state index in [1.54, 1.807) is 12.3 Å². The Morgan fingerprint density at radius 1 is 1.09 bits per heavy atom. The number of amides is 1. The van der Waals surface area contributed by atoms with Crippen LogP contribution in [0, 0.1) is 6.92 Å². The average Bonchev–Trinajstić information content (AvgIpc) is 2.61. The summed E-state index contributed by atoms with van der Waals surface area (Å²) >= 11 is 0. The summed E-state index contributed by atoms with van der Waals surface area (Å²) in [5.74, 6) is 1.06. The molecule has 0 aliphatic carbocycles. The van der Waals surface area contributed by atoms with Gasteiger partial charge in [-0.05, 0) is 30.7 Å². The molecule has 4 nitrogen and oxygen atoms in total. The standard InChI is InChI=1S/C19H21N3O/c1-16-5-4-6-17(15-16)8-9-19(23)22-13-11-21(12-14-22)18-7-2-3-10-20-18/h2-10,15H,11-14H2,1H3/b9-8+. The van der Waals surface area contributed by atoms with Crippen LogP contribution in [0.2, 0.25) is 0 Å². The molecule has 1 saturated heterocycles. The molecule has 1 aliphatic heterocycles. The molecule has 3 rings (SSSR count).